The molecule has 1 atom stereocenters. The summed E-state index contributed by atoms with van der Waals surface area (Å²) in [6.45, 7) is 6.74. The lowest BCUT2D eigenvalue weighted by molar-refractivity contribution is 0.0670. The fourth-order valence-electron chi connectivity index (χ4n) is 2.44. The van der Waals surface area contributed by atoms with Gasteiger partial charge in [0.05, 0.1) is 18.3 Å². The van der Waals surface area contributed by atoms with Gasteiger partial charge < -0.3 is 14.4 Å². The second-order valence-electron chi connectivity index (χ2n) is 5.15. The summed E-state index contributed by atoms with van der Waals surface area (Å²) in [4.78, 5) is 2.43. The minimum atomic E-state index is 0.317. The highest BCUT2D eigenvalue weighted by atomic mass is 16.5. The molecule has 0 saturated carbocycles. The highest BCUT2D eigenvalue weighted by Gasteiger charge is 2.14. The number of benzene rings is 1. The number of hydrogen-bond donors (Lipinski definition) is 0. The third kappa shape index (κ3) is 4.52. The zero-order chi connectivity index (χ0) is 14.2. The van der Waals surface area contributed by atoms with Crippen LogP contribution in [0.2, 0.25) is 0 Å². The van der Waals surface area contributed by atoms with Crippen molar-refractivity contribution in [3.8, 4) is 11.8 Å². The van der Waals surface area contributed by atoms with Gasteiger partial charge in [-0.1, -0.05) is 12.1 Å². The fourth-order valence-corrected chi connectivity index (χ4v) is 2.44. The van der Waals surface area contributed by atoms with Crippen LogP contribution in [0.4, 0.5) is 0 Å². The lowest BCUT2D eigenvalue weighted by Crippen LogP contribution is -2.31. The molecule has 1 saturated heterocycles. The Morgan fingerprint density at radius 3 is 3.15 bits per heavy atom. The van der Waals surface area contributed by atoms with Crippen LogP contribution in [0.1, 0.15) is 25.3 Å². The van der Waals surface area contributed by atoms with E-state index < -0.39 is 0 Å². The maximum Gasteiger partial charge on any atom is 0.137 e. The maximum absolute atomic E-state index is 8.99. The molecule has 0 radical (unpaired) electrons. The Hall–Kier alpha value is -1.57. The average Bonchev–Trinajstić information content (AvgIpc) is 2.68. The van der Waals surface area contributed by atoms with Crippen molar-refractivity contribution in [1.82, 2.24) is 4.90 Å². The minimum absolute atomic E-state index is 0.317. The first-order valence-electron chi connectivity index (χ1n) is 7.25. The molecule has 1 fully saturated rings. The van der Waals surface area contributed by atoms with Crippen LogP contribution in [0.15, 0.2) is 24.3 Å². The van der Waals surface area contributed by atoms with Crippen molar-refractivity contribution < 1.29 is 9.47 Å². The van der Waals surface area contributed by atoms with Gasteiger partial charge in [-0.25, -0.2) is 0 Å². The third-order valence-corrected chi connectivity index (χ3v) is 3.42. The zero-order valence-corrected chi connectivity index (χ0v) is 12.0. The van der Waals surface area contributed by atoms with Gasteiger partial charge in [-0.3, -0.25) is 0 Å². The molecule has 1 aliphatic rings. The second-order valence-corrected chi connectivity index (χ2v) is 5.15. The summed E-state index contributed by atoms with van der Waals surface area (Å²) < 4.78 is 11.3. The van der Waals surface area contributed by atoms with E-state index in [4.69, 9.17) is 14.7 Å². The molecule has 0 amide bonds. The number of nitriles is 1. The number of ether oxygens (including phenoxy) is 2. The Bertz CT molecular complexity index is 456. The first-order chi connectivity index (χ1) is 9.79. The van der Waals surface area contributed by atoms with Gasteiger partial charge >= 0.3 is 0 Å². The van der Waals surface area contributed by atoms with E-state index in [0.717, 1.165) is 39.1 Å². The molecule has 1 heterocycles. The third-order valence-electron chi connectivity index (χ3n) is 3.42. The quantitative estimate of drug-likeness (QED) is 0.774. The van der Waals surface area contributed by atoms with Gasteiger partial charge in [0.15, 0.2) is 0 Å². The summed E-state index contributed by atoms with van der Waals surface area (Å²) in [5, 5.41) is 8.99. The summed E-state index contributed by atoms with van der Waals surface area (Å²) in [5.41, 5.74) is 0.601. The van der Waals surface area contributed by atoms with Crippen LogP contribution in [-0.2, 0) is 4.74 Å². The lowest BCUT2D eigenvalue weighted by Gasteiger charge is -2.21. The number of para-hydroxylation sites is 1. The summed E-state index contributed by atoms with van der Waals surface area (Å²) >= 11 is 0. The standard InChI is InChI=1S/C16H22N2O2/c1-14-13-18(8-4-10-19-14)9-5-11-20-16-7-3-2-6-15(16)12-17/h2-3,6-7,14H,4-5,8-11,13H2,1H3. The number of hydrogen-bond acceptors (Lipinski definition) is 4. The van der Waals surface area contributed by atoms with Crippen LogP contribution in [0.3, 0.4) is 0 Å². The van der Waals surface area contributed by atoms with E-state index in [1.807, 2.05) is 18.2 Å². The molecule has 1 aliphatic heterocycles. The van der Waals surface area contributed by atoms with Crippen LogP contribution in [0.25, 0.3) is 0 Å². The molecule has 0 N–H and O–H groups in total. The topological polar surface area (TPSA) is 45.5 Å². The Morgan fingerprint density at radius 1 is 1.45 bits per heavy atom. The van der Waals surface area contributed by atoms with Crippen LogP contribution in [0.5, 0.6) is 5.75 Å². The summed E-state index contributed by atoms with van der Waals surface area (Å²) in [5.74, 6) is 0.683. The second kappa shape index (κ2) is 7.88. The molecule has 0 aliphatic carbocycles. The molecule has 20 heavy (non-hydrogen) atoms. The average molecular weight is 274 g/mol. The first kappa shape index (κ1) is 14.8. The highest BCUT2D eigenvalue weighted by molar-refractivity contribution is 5.42. The van der Waals surface area contributed by atoms with E-state index in [1.165, 1.54) is 0 Å². The van der Waals surface area contributed by atoms with Crippen LogP contribution >= 0.6 is 0 Å². The van der Waals surface area contributed by atoms with Crippen molar-refractivity contribution in [2.75, 3.05) is 32.8 Å². The van der Waals surface area contributed by atoms with Crippen molar-refractivity contribution in [2.24, 2.45) is 0 Å². The minimum Gasteiger partial charge on any atom is -0.492 e. The molecule has 1 unspecified atom stereocenters. The number of rotatable bonds is 5. The highest BCUT2D eigenvalue weighted by Crippen LogP contribution is 2.16. The summed E-state index contributed by atoms with van der Waals surface area (Å²) in [6, 6.07) is 9.52. The van der Waals surface area contributed by atoms with Crippen molar-refractivity contribution in [2.45, 2.75) is 25.9 Å². The van der Waals surface area contributed by atoms with E-state index in [2.05, 4.69) is 17.9 Å². The lowest BCUT2D eigenvalue weighted by atomic mass is 10.2. The van der Waals surface area contributed by atoms with Crippen molar-refractivity contribution in [3.63, 3.8) is 0 Å². The Labute approximate surface area is 120 Å². The summed E-state index contributed by atoms with van der Waals surface area (Å²) in [7, 11) is 0. The van der Waals surface area contributed by atoms with Crippen LogP contribution in [-0.4, -0.2) is 43.9 Å². The van der Waals surface area contributed by atoms with Crippen LogP contribution in [0, 0.1) is 11.3 Å². The molecule has 1 aromatic rings. The molecule has 0 spiro atoms. The normalized spacial score (nSPS) is 20.1. The monoisotopic (exact) mass is 274 g/mol. The van der Waals surface area contributed by atoms with Gasteiger partial charge in [-0.05, 0) is 31.9 Å². The Morgan fingerprint density at radius 2 is 2.30 bits per heavy atom. The molecule has 1 aromatic carbocycles. The Balaban J connectivity index is 1.72. The molecule has 0 bridgehead atoms. The van der Waals surface area contributed by atoms with Crippen LogP contribution < -0.4 is 4.74 Å². The van der Waals surface area contributed by atoms with E-state index in [1.54, 1.807) is 6.07 Å². The van der Waals surface area contributed by atoms with E-state index >= 15 is 0 Å². The largest absolute Gasteiger partial charge is 0.492 e. The van der Waals surface area contributed by atoms with E-state index in [-0.39, 0.29) is 0 Å². The molecule has 108 valence electrons. The molecule has 4 nitrogen and oxygen atoms in total. The first-order valence-corrected chi connectivity index (χ1v) is 7.25. The van der Waals surface area contributed by atoms with Crippen molar-refractivity contribution in [1.29, 1.82) is 5.26 Å². The van der Waals surface area contributed by atoms with Crippen molar-refractivity contribution >= 4 is 0 Å². The Kier molecular flexibility index (Phi) is 5.85. The molecule has 0 aromatic heterocycles. The van der Waals surface area contributed by atoms with E-state index in [9.17, 15) is 0 Å². The van der Waals surface area contributed by atoms with Gasteiger partial charge in [0.2, 0.25) is 0 Å². The molecule has 2 rings (SSSR count). The fraction of sp³-hybridized carbons (Fsp3) is 0.562. The molecular formula is C16H22N2O2. The van der Waals surface area contributed by atoms with Gasteiger partial charge in [0.25, 0.3) is 0 Å². The van der Waals surface area contributed by atoms with Gasteiger partial charge in [0, 0.05) is 26.2 Å². The summed E-state index contributed by atoms with van der Waals surface area (Å²) in [6.07, 6.45) is 2.38. The SMILES string of the molecule is CC1CN(CCCOc2ccccc2C#N)CCCO1. The van der Waals surface area contributed by atoms with E-state index in [0.29, 0.717) is 24.0 Å². The predicted molar refractivity (Wildman–Crippen MR) is 77.7 cm³/mol. The molecular weight excluding hydrogens is 252 g/mol. The maximum atomic E-state index is 8.99. The van der Waals surface area contributed by atoms with Gasteiger partial charge in [-0.2, -0.15) is 5.26 Å². The van der Waals surface area contributed by atoms with Gasteiger partial charge in [-0.15, -0.1) is 0 Å². The van der Waals surface area contributed by atoms with Crippen molar-refractivity contribution in [3.05, 3.63) is 29.8 Å². The smallest absolute Gasteiger partial charge is 0.137 e. The zero-order valence-electron chi connectivity index (χ0n) is 12.0. The van der Waals surface area contributed by atoms with Gasteiger partial charge in [0.1, 0.15) is 11.8 Å². The predicted octanol–water partition coefficient (Wildman–Crippen LogP) is 2.44. The number of nitrogens with zero attached hydrogens (tertiary/aromatic N) is 2. The molecule has 4 heteroatoms.